The topological polar surface area (TPSA) is 62.7 Å². The Balaban J connectivity index is 2.33. The molecule has 5 heteroatoms. The van der Waals surface area contributed by atoms with Gasteiger partial charge in [0.15, 0.2) is 5.82 Å². The molecule has 0 aliphatic carbocycles. The zero-order chi connectivity index (χ0) is 9.26. The summed E-state index contributed by atoms with van der Waals surface area (Å²) in [5, 5.41) is 9.83. The monoisotopic (exact) mass is 182 g/mol. The van der Waals surface area contributed by atoms with Crippen LogP contribution in [0.4, 0.5) is 0 Å². The summed E-state index contributed by atoms with van der Waals surface area (Å²) in [6.07, 6.45) is 2.24. The molecule has 1 saturated heterocycles. The van der Waals surface area contributed by atoms with Crippen LogP contribution in [0.5, 0.6) is 0 Å². The van der Waals surface area contributed by atoms with Crippen molar-refractivity contribution in [2.45, 2.75) is 32.4 Å². The first-order valence-electron chi connectivity index (χ1n) is 4.71. The smallest absolute Gasteiger partial charge is 0.307 e. The van der Waals surface area contributed by atoms with Crippen molar-refractivity contribution in [2.24, 2.45) is 0 Å². The van der Waals surface area contributed by atoms with Gasteiger partial charge in [-0.2, -0.15) is 5.10 Å². The zero-order valence-electron chi connectivity index (χ0n) is 7.71. The Labute approximate surface area is 76.2 Å². The highest BCUT2D eigenvalue weighted by Crippen LogP contribution is 2.19. The molecule has 1 aliphatic rings. The van der Waals surface area contributed by atoms with Crippen LogP contribution in [0.25, 0.3) is 0 Å². The van der Waals surface area contributed by atoms with Crippen LogP contribution in [0, 0.1) is 0 Å². The second-order valence-electron chi connectivity index (χ2n) is 3.28. The molecule has 0 spiro atoms. The maximum Gasteiger partial charge on any atom is 0.343 e. The Morgan fingerprint density at radius 3 is 3.15 bits per heavy atom. The van der Waals surface area contributed by atoms with E-state index in [1.54, 1.807) is 4.57 Å². The van der Waals surface area contributed by atoms with E-state index in [-0.39, 0.29) is 11.7 Å². The third-order valence-corrected chi connectivity index (χ3v) is 2.48. The van der Waals surface area contributed by atoms with Crippen LogP contribution >= 0.6 is 0 Å². The Kier molecular flexibility index (Phi) is 2.18. The predicted octanol–water partition coefficient (Wildman–Crippen LogP) is 0.0158. The summed E-state index contributed by atoms with van der Waals surface area (Å²) in [7, 11) is 0. The summed E-state index contributed by atoms with van der Waals surface area (Å²) in [5.74, 6) is 0.852. The Hall–Kier alpha value is -1.10. The molecule has 1 unspecified atom stereocenters. The van der Waals surface area contributed by atoms with Gasteiger partial charge in [-0.1, -0.05) is 0 Å². The summed E-state index contributed by atoms with van der Waals surface area (Å²) >= 11 is 0. The number of aromatic nitrogens is 3. The summed E-state index contributed by atoms with van der Waals surface area (Å²) in [5.41, 5.74) is -0.105. The molecule has 0 aromatic carbocycles. The highest BCUT2D eigenvalue weighted by molar-refractivity contribution is 4.97. The maximum absolute atomic E-state index is 11.2. The second kappa shape index (κ2) is 3.33. The van der Waals surface area contributed by atoms with Crippen molar-refractivity contribution < 1.29 is 0 Å². The van der Waals surface area contributed by atoms with Gasteiger partial charge in [-0.3, -0.25) is 4.57 Å². The van der Waals surface area contributed by atoms with Gasteiger partial charge in [0, 0.05) is 6.54 Å². The number of nitrogens with one attached hydrogen (secondary N) is 2. The molecular formula is C8H14N4O. The zero-order valence-corrected chi connectivity index (χ0v) is 7.71. The standard InChI is InChI=1S/C8H14N4O/c1-2-12-7(10-11-8(12)13)6-4-3-5-9-6/h6,9H,2-5H2,1H3,(H,11,13). The minimum absolute atomic E-state index is 0.105. The van der Waals surface area contributed by atoms with E-state index in [9.17, 15) is 4.79 Å². The van der Waals surface area contributed by atoms with Gasteiger partial charge in [0.2, 0.25) is 0 Å². The van der Waals surface area contributed by atoms with Crippen LogP contribution < -0.4 is 11.0 Å². The number of aromatic amines is 1. The summed E-state index contributed by atoms with van der Waals surface area (Å²) < 4.78 is 1.68. The highest BCUT2D eigenvalue weighted by Gasteiger charge is 2.21. The third kappa shape index (κ3) is 1.39. The van der Waals surface area contributed by atoms with Gasteiger partial charge >= 0.3 is 5.69 Å². The van der Waals surface area contributed by atoms with Gasteiger partial charge < -0.3 is 5.32 Å². The molecule has 1 aromatic rings. The molecule has 0 radical (unpaired) electrons. The van der Waals surface area contributed by atoms with Crippen molar-refractivity contribution in [1.29, 1.82) is 0 Å². The molecule has 0 amide bonds. The first-order chi connectivity index (χ1) is 6.33. The number of hydrogen-bond donors (Lipinski definition) is 2. The SMILES string of the molecule is CCn1c(C2CCCN2)n[nH]c1=O. The molecule has 72 valence electrons. The van der Waals surface area contributed by atoms with E-state index in [0.717, 1.165) is 25.2 Å². The lowest BCUT2D eigenvalue weighted by atomic mass is 10.2. The lowest BCUT2D eigenvalue weighted by molar-refractivity contribution is 0.552. The van der Waals surface area contributed by atoms with Crippen LogP contribution in [0.1, 0.15) is 31.6 Å². The average Bonchev–Trinajstić information content (AvgIpc) is 2.71. The fraction of sp³-hybridized carbons (Fsp3) is 0.750. The van der Waals surface area contributed by atoms with Crippen molar-refractivity contribution in [3.8, 4) is 0 Å². The van der Waals surface area contributed by atoms with Gasteiger partial charge in [-0.25, -0.2) is 9.89 Å². The molecule has 5 nitrogen and oxygen atoms in total. The van der Waals surface area contributed by atoms with Crippen molar-refractivity contribution in [3.05, 3.63) is 16.3 Å². The van der Waals surface area contributed by atoms with Crippen LogP contribution in [0.3, 0.4) is 0 Å². The third-order valence-electron chi connectivity index (χ3n) is 2.48. The lowest BCUT2D eigenvalue weighted by Gasteiger charge is -2.09. The van der Waals surface area contributed by atoms with E-state index in [4.69, 9.17) is 0 Å². The van der Waals surface area contributed by atoms with Gasteiger partial charge in [0.1, 0.15) is 0 Å². The van der Waals surface area contributed by atoms with Crippen molar-refractivity contribution in [3.63, 3.8) is 0 Å². The van der Waals surface area contributed by atoms with Gasteiger partial charge in [0.05, 0.1) is 6.04 Å². The summed E-state index contributed by atoms with van der Waals surface area (Å²) in [6, 6.07) is 0.263. The number of hydrogen-bond acceptors (Lipinski definition) is 3. The fourth-order valence-corrected chi connectivity index (χ4v) is 1.81. The largest absolute Gasteiger partial charge is 0.343 e. The number of nitrogens with zero attached hydrogens (tertiary/aromatic N) is 2. The van der Waals surface area contributed by atoms with E-state index < -0.39 is 0 Å². The van der Waals surface area contributed by atoms with E-state index in [0.29, 0.717) is 6.54 Å². The van der Waals surface area contributed by atoms with Gasteiger partial charge in [-0.05, 0) is 26.3 Å². The first kappa shape index (κ1) is 8.50. The van der Waals surface area contributed by atoms with E-state index >= 15 is 0 Å². The lowest BCUT2D eigenvalue weighted by Crippen LogP contribution is -2.23. The van der Waals surface area contributed by atoms with Crippen molar-refractivity contribution >= 4 is 0 Å². The Morgan fingerprint density at radius 1 is 1.69 bits per heavy atom. The molecule has 1 fully saturated rings. The van der Waals surface area contributed by atoms with Gasteiger partial charge in [0.25, 0.3) is 0 Å². The molecule has 2 heterocycles. The molecule has 1 aliphatic heterocycles. The molecule has 1 aromatic heterocycles. The normalized spacial score (nSPS) is 22.4. The second-order valence-corrected chi connectivity index (χ2v) is 3.28. The first-order valence-corrected chi connectivity index (χ1v) is 4.71. The van der Waals surface area contributed by atoms with Crippen LogP contribution in [-0.2, 0) is 6.54 Å². The number of H-pyrrole nitrogens is 1. The van der Waals surface area contributed by atoms with Crippen molar-refractivity contribution in [1.82, 2.24) is 20.1 Å². The minimum atomic E-state index is -0.105. The van der Waals surface area contributed by atoms with Crippen LogP contribution in [0.15, 0.2) is 4.79 Å². The van der Waals surface area contributed by atoms with Gasteiger partial charge in [-0.15, -0.1) is 0 Å². The predicted molar refractivity (Wildman–Crippen MR) is 48.5 cm³/mol. The minimum Gasteiger partial charge on any atom is -0.307 e. The van der Waals surface area contributed by atoms with E-state index in [1.807, 2.05) is 6.92 Å². The average molecular weight is 182 g/mol. The Morgan fingerprint density at radius 2 is 2.54 bits per heavy atom. The maximum atomic E-state index is 11.2. The quantitative estimate of drug-likeness (QED) is 0.677. The summed E-state index contributed by atoms with van der Waals surface area (Å²) in [4.78, 5) is 11.2. The molecule has 2 N–H and O–H groups in total. The van der Waals surface area contributed by atoms with E-state index in [1.165, 1.54) is 0 Å². The number of rotatable bonds is 2. The van der Waals surface area contributed by atoms with Crippen LogP contribution in [-0.4, -0.2) is 21.3 Å². The fourth-order valence-electron chi connectivity index (χ4n) is 1.81. The molecule has 1 atom stereocenters. The Bertz CT molecular complexity index is 334. The molecule has 0 bridgehead atoms. The molecule has 13 heavy (non-hydrogen) atoms. The molecule has 2 rings (SSSR count). The van der Waals surface area contributed by atoms with Crippen LogP contribution in [0.2, 0.25) is 0 Å². The summed E-state index contributed by atoms with van der Waals surface area (Å²) in [6.45, 7) is 3.66. The highest BCUT2D eigenvalue weighted by atomic mass is 16.1. The van der Waals surface area contributed by atoms with E-state index in [2.05, 4.69) is 15.5 Å². The molecule has 0 saturated carbocycles. The van der Waals surface area contributed by atoms with Crippen molar-refractivity contribution in [2.75, 3.05) is 6.54 Å². The molecular weight excluding hydrogens is 168 g/mol.